The predicted octanol–water partition coefficient (Wildman–Crippen LogP) is 2.15. The van der Waals surface area contributed by atoms with Crippen molar-refractivity contribution >= 4 is 5.91 Å². The number of nitriles is 1. The number of pyridine rings is 1. The Morgan fingerprint density at radius 2 is 2.29 bits per heavy atom. The number of aromatic nitrogens is 1. The highest BCUT2D eigenvalue weighted by atomic mass is 16.2. The molecular weight excluding hydrogens is 214 g/mol. The van der Waals surface area contributed by atoms with Crippen LogP contribution in [0.4, 0.5) is 0 Å². The number of carbonyl (C=O) groups is 1. The first-order valence-electron chi connectivity index (χ1n) is 5.61. The second-order valence-corrected chi connectivity index (χ2v) is 4.42. The number of nitrogens with zero attached hydrogens (tertiary/aromatic N) is 3. The molecule has 4 nitrogen and oxygen atoms in total. The number of amides is 1. The zero-order valence-electron chi connectivity index (χ0n) is 10.4. The van der Waals surface area contributed by atoms with Crippen molar-refractivity contribution < 1.29 is 4.79 Å². The van der Waals surface area contributed by atoms with Gasteiger partial charge in [0.2, 0.25) is 5.91 Å². The molecule has 90 valence electrons. The van der Waals surface area contributed by atoms with E-state index in [1.165, 1.54) is 4.90 Å². The lowest BCUT2D eigenvalue weighted by atomic mass is 10.1. The molecule has 0 saturated heterocycles. The lowest BCUT2D eigenvalue weighted by Crippen LogP contribution is -2.31. The molecule has 1 aromatic heterocycles. The average molecular weight is 231 g/mol. The summed E-state index contributed by atoms with van der Waals surface area (Å²) in [4.78, 5) is 17.3. The van der Waals surface area contributed by atoms with E-state index in [9.17, 15) is 4.79 Å². The van der Waals surface area contributed by atoms with E-state index in [-0.39, 0.29) is 11.8 Å². The zero-order valence-corrected chi connectivity index (χ0v) is 10.4. The maximum Gasteiger partial charge on any atom is 0.223 e. The van der Waals surface area contributed by atoms with Crippen LogP contribution in [-0.4, -0.2) is 22.8 Å². The highest BCUT2D eigenvalue weighted by molar-refractivity contribution is 5.77. The molecule has 0 bridgehead atoms. The van der Waals surface area contributed by atoms with Crippen molar-refractivity contribution in [1.29, 1.82) is 5.26 Å². The topological polar surface area (TPSA) is 57.0 Å². The molecule has 0 aromatic carbocycles. The Morgan fingerprint density at radius 1 is 1.59 bits per heavy atom. The summed E-state index contributed by atoms with van der Waals surface area (Å²) >= 11 is 0. The molecule has 0 aliphatic rings. The molecule has 17 heavy (non-hydrogen) atoms. The standard InChI is InChI=1S/C13H17N3O/c1-10(2)7-13(17)16(3)12(8-14)11-5-4-6-15-9-11/h4-6,9-10,12H,7H2,1-3H3. The van der Waals surface area contributed by atoms with Gasteiger partial charge in [-0.15, -0.1) is 0 Å². The summed E-state index contributed by atoms with van der Waals surface area (Å²) in [5.74, 6) is 0.272. The van der Waals surface area contributed by atoms with E-state index < -0.39 is 6.04 Å². The monoisotopic (exact) mass is 231 g/mol. The molecule has 0 N–H and O–H groups in total. The summed E-state index contributed by atoms with van der Waals surface area (Å²) < 4.78 is 0. The van der Waals surface area contributed by atoms with Crippen LogP contribution < -0.4 is 0 Å². The second kappa shape index (κ2) is 6.00. The molecular formula is C13H17N3O. The largest absolute Gasteiger partial charge is 0.326 e. The molecule has 1 unspecified atom stereocenters. The molecule has 1 amide bonds. The smallest absolute Gasteiger partial charge is 0.223 e. The van der Waals surface area contributed by atoms with Crippen LogP contribution in [-0.2, 0) is 4.79 Å². The lowest BCUT2D eigenvalue weighted by molar-refractivity contribution is -0.131. The summed E-state index contributed by atoms with van der Waals surface area (Å²) in [7, 11) is 1.66. The third kappa shape index (κ3) is 3.56. The normalized spacial score (nSPS) is 11.9. The molecule has 1 rings (SSSR count). The molecule has 1 aromatic rings. The van der Waals surface area contributed by atoms with E-state index in [1.54, 1.807) is 31.6 Å². The first-order valence-corrected chi connectivity index (χ1v) is 5.61. The Bertz CT molecular complexity index is 408. The van der Waals surface area contributed by atoms with Crippen LogP contribution in [0.25, 0.3) is 0 Å². The number of carbonyl (C=O) groups excluding carboxylic acids is 1. The van der Waals surface area contributed by atoms with Gasteiger partial charge in [0.1, 0.15) is 6.04 Å². The zero-order chi connectivity index (χ0) is 12.8. The summed E-state index contributed by atoms with van der Waals surface area (Å²) in [6, 6.07) is 5.15. The maximum absolute atomic E-state index is 11.9. The van der Waals surface area contributed by atoms with Gasteiger partial charge in [-0.2, -0.15) is 5.26 Å². The maximum atomic E-state index is 11.9. The van der Waals surface area contributed by atoms with Crippen molar-refractivity contribution in [3.05, 3.63) is 30.1 Å². The van der Waals surface area contributed by atoms with Crippen LogP contribution in [0.1, 0.15) is 31.9 Å². The van der Waals surface area contributed by atoms with E-state index >= 15 is 0 Å². The van der Waals surface area contributed by atoms with Crippen LogP contribution in [0.2, 0.25) is 0 Å². The predicted molar refractivity (Wildman–Crippen MR) is 64.8 cm³/mol. The molecule has 0 spiro atoms. The van der Waals surface area contributed by atoms with Crippen LogP contribution in [0, 0.1) is 17.2 Å². The van der Waals surface area contributed by atoms with Gasteiger partial charge in [0.05, 0.1) is 6.07 Å². The number of hydrogen-bond acceptors (Lipinski definition) is 3. The van der Waals surface area contributed by atoms with Crippen LogP contribution in [0.5, 0.6) is 0 Å². The van der Waals surface area contributed by atoms with Crippen molar-refractivity contribution in [2.24, 2.45) is 5.92 Å². The summed E-state index contributed by atoms with van der Waals surface area (Å²) in [5.41, 5.74) is 0.745. The SMILES string of the molecule is CC(C)CC(=O)N(C)C(C#N)c1cccnc1. The molecule has 4 heteroatoms. The minimum atomic E-state index is -0.560. The summed E-state index contributed by atoms with van der Waals surface area (Å²) in [6.45, 7) is 3.97. The van der Waals surface area contributed by atoms with Crippen LogP contribution in [0.15, 0.2) is 24.5 Å². The lowest BCUT2D eigenvalue weighted by Gasteiger charge is -2.23. The van der Waals surface area contributed by atoms with Gasteiger partial charge in [0, 0.05) is 31.4 Å². The quantitative estimate of drug-likeness (QED) is 0.797. The Balaban J connectivity index is 2.82. The van der Waals surface area contributed by atoms with E-state index in [1.807, 2.05) is 13.8 Å². The van der Waals surface area contributed by atoms with Gasteiger partial charge in [-0.1, -0.05) is 19.9 Å². The molecule has 0 aliphatic carbocycles. The van der Waals surface area contributed by atoms with Gasteiger partial charge < -0.3 is 4.90 Å². The minimum Gasteiger partial charge on any atom is -0.326 e. The van der Waals surface area contributed by atoms with E-state index in [0.29, 0.717) is 6.42 Å². The third-order valence-electron chi connectivity index (χ3n) is 2.49. The number of rotatable bonds is 4. The van der Waals surface area contributed by atoms with Gasteiger partial charge >= 0.3 is 0 Å². The van der Waals surface area contributed by atoms with Gasteiger partial charge in [-0.25, -0.2) is 0 Å². The molecule has 1 heterocycles. The van der Waals surface area contributed by atoms with Crippen LogP contribution >= 0.6 is 0 Å². The molecule has 0 saturated carbocycles. The van der Waals surface area contributed by atoms with Gasteiger partial charge in [0.15, 0.2) is 0 Å². The van der Waals surface area contributed by atoms with E-state index in [0.717, 1.165) is 5.56 Å². The Labute approximate surface area is 102 Å². The summed E-state index contributed by atoms with van der Waals surface area (Å²) in [6.07, 6.45) is 3.72. The Morgan fingerprint density at radius 3 is 2.76 bits per heavy atom. The molecule has 0 aliphatic heterocycles. The van der Waals surface area contributed by atoms with Crippen molar-refractivity contribution in [3.8, 4) is 6.07 Å². The fraction of sp³-hybridized carbons (Fsp3) is 0.462. The first kappa shape index (κ1) is 13.2. The second-order valence-electron chi connectivity index (χ2n) is 4.42. The van der Waals surface area contributed by atoms with Crippen molar-refractivity contribution in [3.63, 3.8) is 0 Å². The van der Waals surface area contributed by atoms with Crippen molar-refractivity contribution in [2.75, 3.05) is 7.05 Å². The fourth-order valence-electron chi connectivity index (χ4n) is 1.56. The van der Waals surface area contributed by atoms with Gasteiger partial charge in [-0.3, -0.25) is 9.78 Å². The third-order valence-corrected chi connectivity index (χ3v) is 2.49. The first-order chi connectivity index (χ1) is 8.06. The fourth-order valence-corrected chi connectivity index (χ4v) is 1.56. The Kier molecular flexibility index (Phi) is 4.65. The van der Waals surface area contributed by atoms with E-state index in [4.69, 9.17) is 5.26 Å². The van der Waals surface area contributed by atoms with Crippen molar-refractivity contribution in [1.82, 2.24) is 9.88 Å². The molecule has 0 radical (unpaired) electrons. The van der Waals surface area contributed by atoms with E-state index in [2.05, 4.69) is 11.1 Å². The highest BCUT2D eigenvalue weighted by Gasteiger charge is 2.21. The highest BCUT2D eigenvalue weighted by Crippen LogP contribution is 2.19. The summed E-state index contributed by atoms with van der Waals surface area (Å²) in [5, 5.41) is 9.16. The Hall–Kier alpha value is -1.89. The molecule has 0 fully saturated rings. The molecule has 1 atom stereocenters. The van der Waals surface area contributed by atoms with Gasteiger partial charge in [0.25, 0.3) is 0 Å². The van der Waals surface area contributed by atoms with Crippen molar-refractivity contribution in [2.45, 2.75) is 26.3 Å². The van der Waals surface area contributed by atoms with Gasteiger partial charge in [-0.05, 0) is 12.0 Å². The number of hydrogen-bond donors (Lipinski definition) is 0. The average Bonchev–Trinajstić information content (AvgIpc) is 2.30. The minimum absolute atomic E-state index is 0.0181. The van der Waals surface area contributed by atoms with Crippen LogP contribution in [0.3, 0.4) is 0 Å².